The first-order valence-electron chi connectivity index (χ1n) is 6.21. The van der Waals surface area contributed by atoms with E-state index >= 15 is 0 Å². The number of carboxylic acids is 1. The average molecular weight is 359 g/mol. The number of hydrogen-bond donors (Lipinski definition) is 2. The number of halogens is 1. The molecule has 0 heterocycles. The Morgan fingerprint density at radius 3 is 2.67 bits per heavy atom. The second-order valence-electron chi connectivity index (χ2n) is 4.72. The fraction of sp³-hybridized carbons (Fsp3) is 0.385. The van der Waals surface area contributed by atoms with Crippen LogP contribution in [0.2, 0.25) is 0 Å². The Morgan fingerprint density at radius 2 is 2.14 bits per heavy atom. The summed E-state index contributed by atoms with van der Waals surface area (Å²) < 4.78 is 0.491. The Labute approximate surface area is 129 Å². The number of nitrogens with zero attached hydrogens (tertiary/aromatic N) is 1. The van der Waals surface area contributed by atoms with Gasteiger partial charge in [-0.15, -0.1) is 0 Å². The van der Waals surface area contributed by atoms with Crippen LogP contribution in [0.25, 0.3) is 0 Å². The summed E-state index contributed by atoms with van der Waals surface area (Å²) in [7, 11) is 0. The van der Waals surface area contributed by atoms with Gasteiger partial charge in [0.15, 0.2) is 0 Å². The fourth-order valence-corrected chi connectivity index (χ4v) is 2.19. The summed E-state index contributed by atoms with van der Waals surface area (Å²) in [6.45, 7) is 2.01. The summed E-state index contributed by atoms with van der Waals surface area (Å²) >= 11 is 3.19. The molecule has 0 aliphatic carbocycles. The molecule has 1 rings (SSSR count). The zero-order chi connectivity index (χ0) is 16.0. The van der Waals surface area contributed by atoms with E-state index in [0.29, 0.717) is 10.0 Å². The van der Waals surface area contributed by atoms with Crippen LogP contribution in [0.5, 0.6) is 0 Å². The van der Waals surface area contributed by atoms with E-state index in [4.69, 9.17) is 5.11 Å². The second-order valence-corrected chi connectivity index (χ2v) is 5.57. The van der Waals surface area contributed by atoms with Gasteiger partial charge in [0, 0.05) is 29.6 Å². The van der Waals surface area contributed by atoms with E-state index in [1.54, 1.807) is 6.92 Å². The van der Waals surface area contributed by atoms with Crippen LogP contribution in [0.15, 0.2) is 22.7 Å². The van der Waals surface area contributed by atoms with Gasteiger partial charge in [0.05, 0.1) is 11.3 Å². The number of non-ortho nitro benzene ring substituents is 1. The maximum atomic E-state index is 11.8. The fourth-order valence-electron chi connectivity index (χ4n) is 1.69. The monoisotopic (exact) mass is 358 g/mol. The highest BCUT2D eigenvalue weighted by Gasteiger charge is 2.13. The van der Waals surface area contributed by atoms with E-state index < -0.39 is 10.9 Å². The van der Waals surface area contributed by atoms with Crippen LogP contribution in [-0.4, -0.2) is 28.5 Å². The van der Waals surface area contributed by atoms with Crippen LogP contribution < -0.4 is 5.32 Å². The summed E-state index contributed by atoms with van der Waals surface area (Å²) in [5, 5.41) is 21.9. The van der Waals surface area contributed by atoms with Crippen molar-refractivity contribution in [3.63, 3.8) is 0 Å². The number of rotatable bonds is 7. The predicted octanol–water partition coefficient (Wildman–Crippen LogP) is 2.13. The summed E-state index contributed by atoms with van der Waals surface area (Å²) in [4.78, 5) is 32.4. The molecule has 1 unspecified atom stereocenters. The van der Waals surface area contributed by atoms with Gasteiger partial charge >= 0.3 is 5.97 Å². The van der Waals surface area contributed by atoms with Crippen LogP contribution in [-0.2, 0) is 16.0 Å². The lowest BCUT2D eigenvalue weighted by molar-refractivity contribution is -0.384. The number of carbonyl (C=O) groups excluding carboxylic acids is 1. The van der Waals surface area contributed by atoms with Crippen LogP contribution in [0.3, 0.4) is 0 Å². The lowest BCUT2D eigenvalue weighted by atomic mass is 10.1. The topological polar surface area (TPSA) is 110 Å². The minimum atomic E-state index is -0.908. The van der Waals surface area contributed by atoms with Crippen LogP contribution >= 0.6 is 15.9 Å². The molecule has 0 spiro atoms. The Kier molecular flexibility index (Phi) is 6.29. The van der Waals surface area contributed by atoms with E-state index in [0.717, 1.165) is 0 Å². The lowest BCUT2D eigenvalue weighted by Gasteiger charge is -2.11. The van der Waals surface area contributed by atoms with Crippen molar-refractivity contribution < 1.29 is 19.6 Å². The third kappa shape index (κ3) is 5.90. The molecule has 0 saturated carbocycles. The van der Waals surface area contributed by atoms with Gasteiger partial charge < -0.3 is 10.4 Å². The van der Waals surface area contributed by atoms with Crippen molar-refractivity contribution in [2.45, 2.75) is 19.8 Å². The summed E-state index contributed by atoms with van der Waals surface area (Å²) in [5.74, 6) is -1.33. The van der Waals surface area contributed by atoms with E-state index in [1.807, 2.05) is 0 Å². The molecule has 0 aromatic heterocycles. The quantitative estimate of drug-likeness (QED) is 0.573. The number of nitro groups is 1. The first-order valence-corrected chi connectivity index (χ1v) is 7.00. The van der Waals surface area contributed by atoms with Gasteiger partial charge in [-0.05, 0) is 11.5 Å². The molecule has 1 aromatic carbocycles. The Balaban J connectivity index is 2.55. The van der Waals surface area contributed by atoms with E-state index in [9.17, 15) is 19.7 Å². The van der Waals surface area contributed by atoms with Gasteiger partial charge in [0.1, 0.15) is 0 Å². The second kappa shape index (κ2) is 7.72. The molecule has 1 atom stereocenters. The minimum absolute atomic E-state index is 0.0124. The molecule has 1 aromatic rings. The molecular weight excluding hydrogens is 344 g/mol. The Bertz CT molecular complexity index is 561. The smallest absolute Gasteiger partial charge is 0.303 e. The van der Waals surface area contributed by atoms with E-state index in [1.165, 1.54) is 18.2 Å². The molecule has 0 aliphatic heterocycles. The molecule has 21 heavy (non-hydrogen) atoms. The molecule has 0 bridgehead atoms. The van der Waals surface area contributed by atoms with Gasteiger partial charge in [-0.1, -0.05) is 28.9 Å². The predicted molar refractivity (Wildman–Crippen MR) is 78.9 cm³/mol. The van der Waals surface area contributed by atoms with E-state index in [2.05, 4.69) is 21.2 Å². The molecule has 0 radical (unpaired) electrons. The van der Waals surface area contributed by atoms with Crippen molar-refractivity contribution >= 4 is 33.5 Å². The summed E-state index contributed by atoms with van der Waals surface area (Å²) in [6, 6.07) is 4.19. The van der Waals surface area contributed by atoms with Crippen molar-refractivity contribution in [3.05, 3.63) is 38.3 Å². The normalized spacial score (nSPS) is 11.7. The lowest BCUT2D eigenvalue weighted by Crippen LogP contribution is -2.30. The van der Waals surface area contributed by atoms with Crippen molar-refractivity contribution in [2.75, 3.05) is 6.54 Å². The van der Waals surface area contributed by atoms with Gasteiger partial charge in [-0.25, -0.2) is 0 Å². The molecule has 7 nitrogen and oxygen atoms in total. The maximum Gasteiger partial charge on any atom is 0.303 e. The van der Waals surface area contributed by atoms with Crippen molar-refractivity contribution in [1.29, 1.82) is 0 Å². The molecule has 8 heteroatoms. The van der Waals surface area contributed by atoms with Gasteiger partial charge in [-0.3, -0.25) is 19.7 Å². The highest BCUT2D eigenvalue weighted by atomic mass is 79.9. The number of amides is 1. The zero-order valence-electron chi connectivity index (χ0n) is 11.3. The number of carboxylic acid groups (broad SMARTS) is 1. The first-order chi connectivity index (χ1) is 9.79. The van der Waals surface area contributed by atoms with Crippen molar-refractivity contribution in [3.8, 4) is 0 Å². The van der Waals surface area contributed by atoms with Crippen LogP contribution in [0.4, 0.5) is 5.69 Å². The SMILES string of the molecule is CC(CNC(=O)Cc1ccc([N+](=O)[O-])cc1Br)CC(=O)O. The third-order valence-electron chi connectivity index (χ3n) is 2.77. The summed E-state index contributed by atoms with van der Waals surface area (Å²) in [6.07, 6.45) is 0.0554. The first kappa shape index (κ1) is 17.1. The molecular formula is C13H15BrN2O5. The largest absolute Gasteiger partial charge is 0.481 e. The average Bonchev–Trinajstić information content (AvgIpc) is 2.37. The molecule has 0 fully saturated rings. The third-order valence-corrected chi connectivity index (χ3v) is 3.51. The molecule has 2 N–H and O–H groups in total. The molecule has 0 saturated heterocycles. The number of nitrogens with one attached hydrogen (secondary N) is 1. The van der Waals surface area contributed by atoms with Gasteiger partial charge in [0.2, 0.25) is 5.91 Å². The number of benzene rings is 1. The zero-order valence-corrected chi connectivity index (χ0v) is 12.9. The highest BCUT2D eigenvalue weighted by Crippen LogP contribution is 2.23. The Hall–Kier alpha value is -1.96. The number of nitro benzene ring substituents is 1. The van der Waals surface area contributed by atoms with Crippen LogP contribution in [0, 0.1) is 16.0 Å². The molecule has 1 amide bonds. The molecule has 0 aliphatic rings. The van der Waals surface area contributed by atoms with Crippen molar-refractivity contribution in [2.24, 2.45) is 5.92 Å². The Morgan fingerprint density at radius 1 is 1.48 bits per heavy atom. The summed E-state index contributed by atoms with van der Waals surface area (Å²) in [5.41, 5.74) is 0.574. The number of aliphatic carboxylic acids is 1. The number of hydrogen-bond acceptors (Lipinski definition) is 4. The van der Waals surface area contributed by atoms with Crippen molar-refractivity contribution in [1.82, 2.24) is 5.32 Å². The van der Waals surface area contributed by atoms with Crippen LogP contribution in [0.1, 0.15) is 18.9 Å². The number of carbonyl (C=O) groups is 2. The standard InChI is InChI=1S/C13H15BrN2O5/c1-8(4-13(18)19)7-15-12(17)5-9-2-3-10(16(20)21)6-11(9)14/h2-3,6,8H,4-5,7H2,1H3,(H,15,17)(H,18,19). The van der Waals surface area contributed by atoms with Gasteiger partial charge in [0.25, 0.3) is 5.69 Å². The van der Waals surface area contributed by atoms with E-state index in [-0.39, 0.29) is 36.9 Å². The highest BCUT2D eigenvalue weighted by molar-refractivity contribution is 9.10. The maximum absolute atomic E-state index is 11.8. The van der Waals surface area contributed by atoms with Gasteiger partial charge in [-0.2, -0.15) is 0 Å². The molecule has 114 valence electrons. The minimum Gasteiger partial charge on any atom is -0.481 e.